The van der Waals surface area contributed by atoms with Gasteiger partial charge in [-0.15, -0.1) is 0 Å². The van der Waals surface area contributed by atoms with Crippen LogP contribution >= 0.6 is 0 Å². The van der Waals surface area contributed by atoms with E-state index in [2.05, 4.69) is 22.0 Å². The fraction of sp³-hybridized carbons (Fsp3) is 0.818. The minimum atomic E-state index is 0.0386. The Morgan fingerprint density at radius 2 is 2.19 bits per heavy atom. The number of aryl methyl sites for hydroxylation is 1. The van der Waals surface area contributed by atoms with Gasteiger partial charge in [0.1, 0.15) is 12.0 Å². The number of aromatic nitrogens is 3. The van der Waals surface area contributed by atoms with E-state index in [0.717, 1.165) is 37.5 Å². The zero-order valence-electron chi connectivity index (χ0n) is 9.76. The predicted molar refractivity (Wildman–Crippen MR) is 60.8 cm³/mol. The molecule has 5 nitrogen and oxygen atoms in total. The third-order valence-corrected chi connectivity index (χ3v) is 3.75. The van der Waals surface area contributed by atoms with Gasteiger partial charge >= 0.3 is 0 Å². The van der Waals surface area contributed by atoms with Crippen LogP contribution in [0.25, 0.3) is 0 Å². The van der Waals surface area contributed by atoms with Gasteiger partial charge in [-0.1, -0.05) is 0 Å². The van der Waals surface area contributed by atoms with Crippen molar-refractivity contribution < 1.29 is 0 Å². The molecule has 1 aromatic rings. The normalized spacial score (nSPS) is 30.6. The van der Waals surface area contributed by atoms with E-state index in [9.17, 15) is 0 Å². The van der Waals surface area contributed by atoms with E-state index >= 15 is 0 Å². The molecule has 0 amide bonds. The van der Waals surface area contributed by atoms with Gasteiger partial charge in [-0.2, -0.15) is 5.10 Å². The second-order valence-corrected chi connectivity index (χ2v) is 4.93. The van der Waals surface area contributed by atoms with Gasteiger partial charge in [-0.3, -0.25) is 4.90 Å². The van der Waals surface area contributed by atoms with Crippen molar-refractivity contribution in [3.05, 3.63) is 11.6 Å². The van der Waals surface area contributed by atoms with Crippen LogP contribution in [0.4, 0.5) is 0 Å². The molecular formula is C11H19N5. The number of fused-ring (bicyclic) bond motifs is 1. The topological polar surface area (TPSA) is 60.0 Å². The van der Waals surface area contributed by atoms with Gasteiger partial charge in [0, 0.05) is 6.42 Å². The van der Waals surface area contributed by atoms with Gasteiger partial charge in [0.05, 0.1) is 6.04 Å². The SMILES string of the molecule is CN1CCCC1c1nc2n(n1)C(N)CCC2. The lowest BCUT2D eigenvalue weighted by Crippen LogP contribution is -2.26. The lowest BCUT2D eigenvalue weighted by atomic mass is 10.1. The predicted octanol–water partition coefficient (Wildman–Crippen LogP) is 0.838. The summed E-state index contributed by atoms with van der Waals surface area (Å²) < 4.78 is 1.94. The van der Waals surface area contributed by atoms with Gasteiger partial charge in [0.15, 0.2) is 5.82 Å². The smallest absolute Gasteiger partial charge is 0.168 e. The maximum atomic E-state index is 6.04. The van der Waals surface area contributed by atoms with Gasteiger partial charge in [0.2, 0.25) is 0 Å². The van der Waals surface area contributed by atoms with E-state index in [4.69, 9.17) is 5.73 Å². The van der Waals surface area contributed by atoms with Crippen LogP contribution < -0.4 is 5.73 Å². The van der Waals surface area contributed by atoms with Crippen molar-refractivity contribution >= 4 is 0 Å². The Bertz CT molecular complexity index is 386. The summed E-state index contributed by atoms with van der Waals surface area (Å²) in [6.07, 6.45) is 5.65. The minimum absolute atomic E-state index is 0.0386. The second kappa shape index (κ2) is 3.82. The van der Waals surface area contributed by atoms with E-state index in [0.29, 0.717) is 6.04 Å². The van der Waals surface area contributed by atoms with Crippen molar-refractivity contribution in [1.29, 1.82) is 0 Å². The molecule has 5 heteroatoms. The summed E-state index contributed by atoms with van der Waals surface area (Å²) in [5.41, 5.74) is 6.04. The van der Waals surface area contributed by atoms with E-state index in [1.54, 1.807) is 0 Å². The lowest BCUT2D eigenvalue weighted by molar-refractivity contribution is 0.302. The Hall–Kier alpha value is -0.940. The molecule has 88 valence electrons. The van der Waals surface area contributed by atoms with Crippen molar-refractivity contribution in [2.24, 2.45) is 5.73 Å². The number of rotatable bonds is 1. The molecule has 1 aromatic heterocycles. The van der Waals surface area contributed by atoms with Crippen molar-refractivity contribution in [3.8, 4) is 0 Å². The van der Waals surface area contributed by atoms with Crippen LogP contribution in [0.15, 0.2) is 0 Å². The molecule has 2 N–H and O–H groups in total. The number of hydrogen-bond donors (Lipinski definition) is 1. The summed E-state index contributed by atoms with van der Waals surface area (Å²) in [5.74, 6) is 2.06. The average Bonchev–Trinajstić information content (AvgIpc) is 2.84. The lowest BCUT2D eigenvalue weighted by Gasteiger charge is -2.18. The van der Waals surface area contributed by atoms with Gasteiger partial charge in [-0.25, -0.2) is 9.67 Å². The largest absolute Gasteiger partial charge is 0.310 e. The Balaban J connectivity index is 1.91. The Morgan fingerprint density at radius 1 is 1.31 bits per heavy atom. The summed E-state index contributed by atoms with van der Waals surface area (Å²) in [5, 5.41) is 4.60. The number of likely N-dealkylation sites (tertiary alicyclic amines) is 1. The Labute approximate surface area is 95.6 Å². The number of hydrogen-bond acceptors (Lipinski definition) is 4. The van der Waals surface area contributed by atoms with E-state index < -0.39 is 0 Å². The standard InChI is InChI=1S/C11H19N5/c1-15-7-3-4-8(15)11-13-10-6-2-5-9(12)16(10)14-11/h8-9H,2-7,12H2,1H3. The van der Waals surface area contributed by atoms with Crippen LogP contribution in [-0.4, -0.2) is 33.3 Å². The summed E-state index contributed by atoms with van der Waals surface area (Å²) in [4.78, 5) is 7.00. The molecular weight excluding hydrogens is 202 g/mol. The van der Waals surface area contributed by atoms with E-state index in [-0.39, 0.29) is 6.17 Å². The molecule has 2 unspecified atom stereocenters. The molecule has 3 rings (SSSR count). The van der Waals surface area contributed by atoms with Crippen LogP contribution in [0.1, 0.15) is 49.5 Å². The molecule has 0 spiro atoms. The molecule has 2 atom stereocenters. The van der Waals surface area contributed by atoms with Crippen molar-refractivity contribution in [1.82, 2.24) is 19.7 Å². The Kier molecular flexibility index (Phi) is 2.44. The summed E-state index contributed by atoms with van der Waals surface area (Å²) >= 11 is 0. The first kappa shape index (κ1) is 10.2. The molecule has 2 aliphatic heterocycles. The van der Waals surface area contributed by atoms with E-state index in [1.807, 2.05) is 4.68 Å². The van der Waals surface area contributed by atoms with Crippen LogP contribution in [0.2, 0.25) is 0 Å². The summed E-state index contributed by atoms with van der Waals surface area (Å²) in [7, 11) is 2.15. The van der Waals surface area contributed by atoms with Crippen LogP contribution in [-0.2, 0) is 6.42 Å². The molecule has 0 aromatic carbocycles. The summed E-state index contributed by atoms with van der Waals surface area (Å²) in [6.45, 7) is 1.15. The van der Waals surface area contributed by atoms with Crippen LogP contribution in [0.5, 0.6) is 0 Å². The van der Waals surface area contributed by atoms with Crippen molar-refractivity contribution in [2.45, 2.75) is 44.3 Å². The van der Waals surface area contributed by atoms with Gasteiger partial charge < -0.3 is 5.73 Å². The van der Waals surface area contributed by atoms with Gasteiger partial charge in [-0.05, 0) is 39.3 Å². The van der Waals surface area contributed by atoms with Gasteiger partial charge in [0.25, 0.3) is 0 Å². The highest BCUT2D eigenvalue weighted by Crippen LogP contribution is 2.29. The maximum Gasteiger partial charge on any atom is 0.168 e. The molecule has 2 aliphatic rings. The molecule has 0 aliphatic carbocycles. The highest BCUT2D eigenvalue weighted by molar-refractivity contribution is 5.03. The fourth-order valence-electron chi connectivity index (χ4n) is 2.78. The first-order chi connectivity index (χ1) is 7.75. The van der Waals surface area contributed by atoms with Crippen LogP contribution in [0.3, 0.4) is 0 Å². The number of nitrogens with zero attached hydrogens (tertiary/aromatic N) is 4. The Morgan fingerprint density at radius 3 is 2.88 bits per heavy atom. The highest BCUT2D eigenvalue weighted by Gasteiger charge is 2.29. The van der Waals surface area contributed by atoms with E-state index in [1.165, 1.54) is 12.8 Å². The summed E-state index contributed by atoms with van der Waals surface area (Å²) in [6, 6.07) is 0.408. The van der Waals surface area contributed by atoms with Crippen molar-refractivity contribution in [3.63, 3.8) is 0 Å². The molecule has 3 heterocycles. The molecule has 0 bridgehead atoms. The zero-order valence-corrected chi connectivity index (χ0v) is 9.76. The average molecular weight is 221 g/mol. The molecule has 0 radical (unpaired) electrons. The third-order valence-electron chi connectivity index (χ3n) is 3.75. The number of nitrogens with two attached hydrogens (primary N) is 1. The zero-order chi connectivity index (χ0) is 11.1. The maximum absolute atomic E-state index is 6.04. The molecule has 0 saturated carbocycles. The molecule has 16 heavy (non-hydrogen) atoms. The second-order valence-electron chi connectivity index (χ2n) is 4.93. The third kappa shape index (κ3) is 1.55. The van der Waals surface area contributed by atoms with Crippen LogP contribution in [0, 0.1) is 0 Å². The first-order valence-corrected chi connectivity index (χ1v) is 6.17. The quantitative estimate of drug-likeness (QED) is 0.763. The first-order valence-electron chi connectivity index (χ1n) is 6.17. The fourth-order valence-corrected chi connectivity index (χ4v) is 2.78. The monoisotopic (exact) mass is 221 g/mol. The van der Waals surface area contributed by atoms with Crippen molar-refractivity contribution in [2.75, 3.05) is 13.6 Å². The molecule has 1 fully saturated rings. The highest BCUT2D eigenvalue weighted by atomic mass is 15.4. The minimum Gasteiger partial charge on any atom is -0.310 e. The molecule has 1 saturated heterocycles.